The van der Waals surface area contributed by atoms with Crippen LogP contribution in [0.2, 0.25) is 0 Å². The smallest absolute Gasteiger partial charge is 0.169 e. The summed E-state index contributed by atoms with van der Waals surface area (Å²) in [6, 6.07) is 14.1. The van der Waals surface area contributed by atoms with Crippen molar-refractivity contribution in [1.82, 2.24) is 4.90 Å². The van der Waals surface area contributed by atoms with Gasteiger partial charge in [0.05, 0.1) is 7.11 Å². The molecule has 0 N–H and O–H groups in total. The van der Waals surface area contributed by atoms with Gasteiger partial charge in [0.2, 0.25) is 0 Å². The fraction of sp³-hybridized carbons (Fsp3) is 0.300. The van der Waals surface area contributed by atoms with Gasteiger partial charge < -0.3 is 9.47 Å². The van der Waals surface area contributed by atoms with E-state index in [-0.39, 0.29) is 0 Å². The van der Waals surface area contributed by atoms with Crippen molar-refractivity contribution in [2.75, 3.05) is 20.2 Å². The molecule has 0 saturated carbocycles. The lowest BCUT2D eigenvalue weighted by Gasteiger charge is -2.17. The third-order valence-electron chi connectivity index (χ3n) is 4.18. The van der Waals surface area contributed by atoms with Gasteiger partial charge in [0.1, 0.15) is 5.75 Å². The molecule has 1 aliphatic rings. The van der Waals surface area contributed by atoms with Crippen LogP contribution in [0.4, 0.5) is 0 Å². The van der Waals surface area contributed by atoms with Crippen molar-refractivity contribution in [3.63, 3.8) is 0 Å². The molecule has 0 radical (unpaired) electrons. The Kier molecular flexibility index (Phi) is 4.99. The summed E-state index contributed by atoms with van der Waals surface area (Å²) in [6.07, 6.45) is 4.42. The zero-order chi connectivity index (χ0) is 16.1. The van der Waals surface area contributed by atoms with Crippen LogP contribution in [-0.4, -0.2) is 25.1 Å². The maximum atomic E-state index is 6.03. The third kappa shape index (κ3) is 3.93. The summed E-state index contributed by atoms with van der Waals surface area (Å²) in [5.41, 5.74) is 2.33. The molecule has 0 bridgehead atoms. The van der Waals surface area contributed by atoms with Crippen LogP contribution in [0.3, 0.4) is 0 Å². The Morgan fingerprint density at radius 3 is 2.43 bits per heavy atom. The van der Waals surface area contributed by atoms with E-state index < -0.39 is 0 Å². The molecule has 0 atom stereocenters. The first-order valence-electron chi connectivity index (χ1n) is 8.08. The van der Waals surface area contributed by atoms with Crippen LogP contribution < -0.4 is 9.47 Å². The molecule has 1 fully saturated rings. The number of ether oxygens (including phenoxy) is 2. The Bertz CT molecular complexity index is 658. The Labute approximate surface area is 138 Å². The molecule has 120 valence electrons. The molecule has 3 rings (SSSR count). The van der Waals surface area contributed by atoms with Gasteiger partial charge in [-0.2, -0.15) is 0 Å². The van der Waals surface area contributed by atoms with Gasteiger partial charge in [-0.1, -0.05) is 30.9 Å². The SMILES string of the molecule is C=Cc1ccc(Oc2cc(CN3CCCC3)ccc2OC)cc1. The first kappa shape index (κ1) is 15.6. The molecule has 1 saturated heterocycles. The highest BCUT2D eigenvalue weighted by atomic mass is 16.5. The van der Waals surface area contributed by atoms with E-state index in [4.69, 9.17) is 9.47 Å². The van der Waals surface area contributed by atoms with Crippen LogP contribution in [0.5, 0.6) is 17.2 Å². The number of hydrogen-bond donors (Lipinski definition) is 0. The average Bonchev–Trinajstić information content (AvgIpc) is 3.09. The lowest BCUT2D eigenvalue weighted by atomic mass is 10.2. The van der Waals surface area contributed by atoms with Gasteiger partial charge in [-0.15, -0.1) is 0 Å². The fourth-order valence-electron chi connectivity index (χ4n) is 2.90. The Balaban J connectivity index is 1.78. The van der Waals surface area contributed by atoms with E-state index in [0.29, 0.717) is 0 Å². The summed E-state index contributed by atoms with van der Waals surface area (Å²) < 4.78 is 11.5. The zero-order valence-corrected chi connectivity index (χ0v) is 13.6. The van der Waals surface area contributed by atoms with E-state index >= 15 is 0 Å². The molecule has 0 aliphatic carbocycles. The normalized spacial score (nSPS) is 14.7. The van der Waals surface area contributed by atoms with Gasteiger partial charge in [-0.25, -0.2) is 0 Å². The Hall–Kier alpha value is -2.26. The molecule has 1 heterocycles. The molecular weight excluding hydrogens is 286 g/mol. The van der Waals surface area contributed by atoms with Crippen molar-refractivity contribution in [1.29, 1.82) is 0 Å². The number of likely N-dealkylation sites (tertiary alicyclic amines) is 1. The molecule has 0 unspecified atom stereocenters. The van der Waals surface area contributed by atoms with Gasteiger partial charge >= 0.3 is 0 Å². The molecule has 0 aromatic heterocycles. The van der Waals surface area contributed by atoms with Gasteiger partial charge in [0, 0.05) is 6.54 Å². The minimum absolute atomic E-state index is 0.753. The maximum Gasteiger partial charge on any atom is 0.169 e. The quantitative estimate of drug-likeness (QED) is 0.770. The maximum absolute atomic E-state index is 6.03. The lowest BCUT2D eigenvalue weighted by Crippen LogP contribution is -2.18. The van der Waals surface area contributed by atoms with Gasteiger partial charge in [-0.3, -0.25) is 4.90 Å². The van der Waals surface area contributed by atoms with E-state index in [1.165, 1.54) is 31.5 Å². The highest BCUT2D eigenvalue weighted by Gasteiger charge is 2.13. The first-order chi connectivity index (χ1) is 11.3. The summed E-state index contributed by atoms with van der Waals surface area (Å²) in [7, 11) is 1.67. The van der Waals surface area contributed by atoms with E-state index in [1.54, 1.807) is 7.11 Å². The van der Waals surface area contributed by atoms with Crippen molar-refractivity contribution in [2.24, 2.45) is 0 Å². The molecule has 3 nitrogen and oxygen atoms in total. The van der Waals surface area contributed by atoms with E-state index in [1.807, 2.05) is 36.4 Å². The zero-order valence-electron chi connectivity index (χ0n) is 13.6. The van der Waals surface area contributed by atoms with Crippen LogP contribution in [0.1, 0.15) is 24.0 Å². The number of nitrogens with zero attached hydrogens (tertiary/aromatic N) is 1. The number of rotatable bonds is 6. The van der Waals surface area contributed by atoms with Crippen LogP contribution >= 0.6 is 0 Å². The van der Waals surface area contributed by atoms with Crippen molar-refractivity contribution >= 4 is 6.08 Å². The fourth-order valence-corrected chi connectivity index (χ4v) is 2.90. The van der Waals surface area contributed by atoms with Crippen LogP contribution in [0.25, 0.3) is 6.08 Å². The van der Waals surface area contributed by atoms with Crippen molar-refractivity contribution in [2.45, 2.75) is 19.4 Å². The summed E-state index contributed by atoms with van der Waals surface area (Å²) in [4.78, 5) is 2.48. The molecule has 0 amide bonds. The standard InChI is InChI=1S/C20H23NO2/c1-3-16-6-9-18(10-7-16)23-20-14-17(8-11-19(20)22-2)15-21-12-4-5-13-21/h3,6-11,14H,1,4-5,12-13,15H2,2H3. The highest BCUT2D eigenvalue weighted by Crippen LogP contribution is 2.33. The molecule has 2 aromatic rings. The average molecular weight is 309 g/mol. The van der Waals surface area contributed by atoms with E-state index in [0.717, 1.165) is 29.4 Å². The molecule has 3 heteroatoms. The minimum Gasteiger partial charge on any atom is -0.493 e. The Morgan fingerprint density at radius 1 is 1.04 bits per heavy atom. The van der Waals surface area contributed by atoms with Gasteiger partial charge in [-0.05, 0) is 61.3 Å². The third-order valence-corrected chi connectivity index (χ3v) is 4.18. The van der Waals surface area contributed by atoms with Crippen LogP contribution in [-0.2, 0) is 6.54 Å². The summed E-state index contributed by atoms with van der Waals surface area (Å²) >= 11 is 0. The second-order valence-electron chi connectivity index (χ2n) is 5.84. The minimum atomic E-state index is 0.753. The highest BCUT2D eigenvalue weighted by molar-refractivity contribution is 5.50. The number of benzene rings is 2. The summed E-state index contributed by atoms with van der Waals surface area (Å²) in [6.45, 7) is 7.11. The summed E-state index contributed by atoms with van der Waals surface area (Å²) in [5, 5.41) is 0. The molecule has 23 heavy (non-hydrogen) atoms. The number of methoxy groups -OCH3 is 1. The van der Waals surface area contributed by atoms with Gasteiger partial charge in [0.25, 0.3) is 0 Å². The van der Waals surface area contributed by atoms with E-state index in [2.05, 4.69) is 23.6 Å². The van der Waals surface area contributed by atoms with Gasteiger partial charge in [0.15, 0.2) is 11.5 Å². The molecule has 1 aliphatic heterocycles. The second kappa shape index (κ2) is 7.34. The number of hydrogen-bond acceptors (Lipinski definition) is 3. The predicted molar refractivity (Wildman–Crippen MR) is 94.1 cm³/mol. The van der Waals surface area contributed by atoms with Crippen molar-refractivity contribution in [3.05, 3.63) is 60.2 Å². The van der Waals surface area contributed by atoms with E-state index in [9.17, 15) is 0 Å². The lowest BCUT2D eigenvalue weighted by molar-refractivity contribution is 0.329. The largest absolute Gasteiger partial charge is 0.493 e. The van der Waals surface area contributed by atoms with Crippen LogP contribution in [0, 0.1) is 0 Å². The first-order valence-corrected chi connectivity index (χ1v) is 8.08. The Morgan fingerprint density at radius 2 is 1.78 bits per heavy atom. The topological polar surface area (TPSA) is 21.7 Å². The molecule has 0 spiro atoms. The molecular formula is C20H23NO2. The second-order valence-corrected chi connectivity index (χ2v) is 5.84. The molecule has 2 aromatic carbocycles. The van der Waals surface area contributed by atoms with Crippen molar-refractivity contribution in [3.8, 4) is 17.2 Å². The summed E-state index contributed by atoms with van der Waals surface area (Å²) in [5.74, 6) is 2.31. The van der Waals surface area contributed by atoms with Crippen LogP contribution in [0.15, 0.2) is 49.0 Å². The monoisotopic (exact) mass is 309 g/mol. The predicted octanol–water partition coefficient (Wildman–Crippen LogP) is 4.73. The van der Waals surface area contributed by atoms with Crippen molar-refractivity contribution < 1.29 is 9.47 Å².